The first-order chi connectivity index (χ1) is 10.7. The molecule has 3 rings (SSSR count). The van der Waals surface area contributed by atoms with Crippen molar-refractivity contribution in [2.75, 3.05) is 12.4 Å². The second kappa shape index (κ2) is 6.03. The summed E-state index contributed by atoms with van der Waals surface area (Å²) in [6.07, 6.45) is 0. The second-order valence-corrected chi connectivity index (χ2v) is 5.34. The van der Waals surface area contributed by atoms with Crippen molar-refractivity contribution in [1.82, 2.24) is 4.98 Å². The molecule has 2 aromatic carbocycles. The molecule has 3 aromatic rings. The molecule has 1 heterocycles. The second-order valence-electron chi connectivity index (χ2n) is 5.34. The van der Waals surface area contributed by atoms with Crippen LogP contribution in [0.15, 0.2) is 48.5 Å². The summed E-state index contributed by atoms with van der Waals surface area (Å²) in [4.78, 5) is 15.5. The Bertz CT molecular complexity index is 804. The van der Waals surface area contributed by atoms with Gasteiger partial charge < -0.3 is 15.0 Å². The van der Waals surface area contributed by atoms with E-state index in [0.29, 0.717) is 12.2 Å². The van der Waals surface area contributed by atoms with Gasteiger partial charge in [-0.25, -0.2) is 0 Å². The van der Waals surface area contributed by atoms with Gasteiger partial charge in [-0.15, -0.1) is 0 Å². The molecular weight excluding hydrogens is 276 g/mol. The lowest BCUT2D eigenvalue weighted by Gasteiger charge is -2.06. The summed E-state index contributed by atoms with van der Waals surface area (Å²) in [5.41, 5.74) is 4.64. The van der Waals surface area contributed by atoms with Crippen LogP contribution < -0.4 is 5.32 Å². The van der Waals surface area contributed by atoms with Crippen molar-refractivity contribution >= 4 is 22.5 Å². The average Bonchev–Trinajstić information content (AvgIpc) is 2.87. The minimum Gasteiger partial charge on any atom is -0.380 e. The summed E-state index contributed by atoms with van der Waals surface area (Å²) >= 11 is 0. The Morgan fingerprint density at radius 2 is 1.91 bits per heavy atom. The molecule has 0 radical (unpaired) electrons. The molecule has 0 atom stereocenters. The van der Waals surface area contributed by atoms with Gasteiger partial charge in [0, 0.05) is 35.0 Å². The maximum atomic E-state index is 12.3. The zero-order valence-electron chi connectivity index (χ0n) is 12.6. The van der Waals surface area contributed by atoms with Crippen molar-refractivity contribution in [3.63, 3.8) is 0 Å². The third-order valence-corrected chi connectivity index (χ3v) is 3.54. The highest BCUT2D eigenvalue weighted by molar-refractivity contribution is 6.05. The van der Waals surface area contributed by atoms with E-state index in [0.717, 1.165) is 27.8 Å². The van der Waals surface area contributed by atoms with E-state index >= 15 is 0 Å². The maximum Gasteiger partial charge on any atom is 0.255 e. The van der Waals surface area contributed by atoms with Crippen molar-refractivity contribution in [1.29, 1.82) is 0 Å². The molecule has 0 unspecified atom stereocenters. The summed E-state index contributed by atoms with van der Waals surface area (Å²) in [7, 11) is 1.65. The maximum absolute atomic E-state index is 12.3. The summed E-state index contributed by atoms with van der Waals surface area (Å²) < 4.78 is 5.06. The van der Waals surface area contributed by atoms with Crippen molar-refractivity contribution in [3.8, 4) is 0 Å². The van der Waals surface area contributed by atoms with Gasteiger partial charge in [-0.1, -0.05) is 12.1 Å². The number of aromatic amines is 1. The number of carbonyl (C=O) groups is 1. The number of aromatic nitrogens is 1. The molecule has 0 saturated heterocycles. The first-order valence-electron chi connectivity index (χ1n) is 7.14. The van der Waals surface area contributed by atoms with Gasteiger partial charge >= 0.3 is 0 Å². The summed E-state index contributed by atoms with van der Waals surface area (Å²) in [5.74, 6) is -0.115. The van der Waals surface area contributed by atoms with E-state index in [1.54, 1.807) is 7.11 Å². The van der Waals surface area contributed by atoms with E-state index in [2.05, 4.69) is 16.4 Å². The lowest BCUT2D eigenvalue weighted by molar-refractivity contribution is 0.102. The summed E-state index contributed by atoms with van der Waals surface area (Å²) in [5, 5.41) is 4.02. The zero-order chi connectivity index (χ0) is 15.5. The van der Waals surface area contributed by atoms with Crippen LogP contribution in [0.1, 0.15) is 21.6 Å². The highest BCUT2D eigenvalue weighted by atomic mass is 16.5. The molecule has 2 N–H and O–H groups in total. The van der Waals surface area contributed by atoms with Crippen molar-refractivity contribution in [3.05, 3.63) is 65.4 Å². The zero-order valence-corrected chi connectivity index (χ0v) is 12.6. The minimum absolute atomic E-state index is 0.115. The van der Waals surface area contributed by atoms with Gasteiger partial charge in [0.2, 0.25) is 0 Å². The van der Waals surface area contributed by atoms with E-state index < -0.39 is 0 Å². The number of benzene rings is 2. The van der Waals surface area contributed by atoms with Crippen LogP contribution in [0.2, 0.25) is 0 Å². The Labute approximate surface area is 129 Å². The molecule has 0 aliphatic rings. The number of carbonyl (C=O) groups excluding carboxylic acids is 1. The van der Waals surface area contributed by atoms with E-state index in [4.69, 9.17) is 4.74 Å². The van der Waals surface area contributed by atoms with Crippen LogP contribution in [-0.2, 0) is 11.3 Å². The number of nitrogens with one attached hydrogen (secondary N) is 2. The smallest absolute Gasteiger partial charge is 0.255 e. The van der Waals surface area contributed by atoms with Gasteiger partial charge in [0.1, 0.15) is 0 Å². The largest absolute Gasteiger partial charge is 0.380 e. The Kier molecular flexibility index (Phi) is 3.94. The fourth-order valence-electron chi connectivity index (χ4n) is 2.48. The number of methoxy groups -OCH3 is 1. The fourth-order valence-corrected chi connectivity index (χ4v) is 2.48. The van der Waals surface area contributed by atoms with Gasteiger partial charge in [0.25, 0.3) is 5.91 Å². The number of fused-ring (bicyclic) bond motifs is 1. The molecule has 0 saturated carbocycles. The Hall–Kier alpha value is -2.59. The van der Waals surface area contributed by atoms with Crippen molar-refractivity contribution in [2.24, 2.45) is 0 Å². The Morgan fingerprint density at radius 1 is 1.14 bits per heavy atom. The number of anilines is 1. The van der Waals surface area contributed by atoms with Crippen LogP contribution in [0.3, 0.4) is 0 Å². The molecule has 112 valence electrons. The predicted octanol–water partition coefficient (Wildman–Crippen LogP) is 3.88. The Morgan fingerprint density at radius 3 is 2.64 bits per heavy atom. The SMILES string of the molecule is COCc1ccc(C(=O)Nc2ccc3[nH]c(C)cc3c2)cc1. The van der Waals surface area contributed by atoms with Crippen LogP contribution in [0.25, 0.3) is 10.9 Å². The number of amides is 1. The van der Waals surface area contributed by atoms with Gasteiger partial charge in [0.05, 0.1) is 6.61 Å². The quantitative estimate of drug-likeness (QED) is 0.767. The average molecular weight is 294 g/mol. The Balaban J connectivity index is 1.76. The number of rotatable bonds is 4. The van der Waals surface area contributed by atoms with Crippen LogP contribution in [0.5, 0.6) is 0 Å². The van der Waals surface area contributed by atoms with Crippen LogP contribution in [0, 0.1) is 6.92 Å². The molecule has 0 fully saturated rings. The van der Waals surface area contributed by atoms with Gasteiger partial charge in [-0.3, -0.25) is 4.79 Å². The minimum atomic E-state index is -0.115. The lowest BCUT2D eigenvalue weighted by Crippen LogP contribution is -2.11. The first kappa shape index (κ1) is 14.4. The van der Waals surface area contributed by atoms with Crippen LogP contribution in [-0.4, -0.2) is 18.0 Å². The monoisotopic (exact) mass is 294 g/mol. The van der Waals surface area contributed by atoms with Crippen LogP contribution >= 0.6 is 0 Å². The number of H-pyrrole nitrogens is 1. The van der Waals surface area contributed by atoms with Crippen molar-refractivity contribution < 1.29 is 9.53 Å². The third kappa shape index (κ3) is 3.02. The molecule has 0 spiro atoms. The molecule has 1 aromatic heterocycles. The third-order valence-electron chi connectivity index (χ3n) is 3.54. The molecule has 0 bridgehead atoms. The normalized spacial score (nSPS) is 10.8. The summed E-state index contributed by atoms with van der Waals surface area (Å²) in [6.45, 7) is 2.56. The number of aryl methyl sites for hydroxylation is 1. The predicted molar refractivity (Wildman–Crippen MR) is 88.1 cm³/mol. The highest BCUT2D eigenvalue weighted by Gasteiger charge is 2.07. The van der Waals surface area contributed by atoms with Gasteiger partial charge in [-0.2, -0.15) is 0 Å². The van der Waals surface area contributed by atoms with E-state index in [1.807, 2.05) is 49.4 Å². The van der Waals surface area contributed by atoms with Crippen molar-refractivity contribution in [2.45, 2.75) is 13.5 Å². The first-order valence-corrected chi connectivity index (χ1v) is 7.14. The molecule has 4 nitrogen and oxygen atoms in total. The molecule has 0 aliphatic carbocycles. The van der Waals surface area contributed by atoms with Gasteiger partial charge in [-0.05, 0) is 48.9 Å². The number of hydrogen-bond acceptors (Lipinski definition) is 2. The molecular formula is C18H18N2O2. The fraction of sp³-hybridized carbons (Fsp3) is 0.167. The standard InChI is InChI=1S/C18H18N2O2/c1-12-9-15-10-16(7-8-17(15)19-12)20-18(21)14-5-3-13(4-6-14)11-22-2/h3-10,19H,11H2,1-2H3,(H,20,21). The molecule has 22 heavy (non-hydrogen) atoms. The molecule has 0 aliphatic heterocycles. The number of hydrogen-bond donors (Lipinski definition) is 2. The van der Waals surface area contributed by atoms with Crippen LogP contribution in [0.4, 0.5) is 5.69 Å². The van der Waals surface area contributed by atoms with Gasteiger partial charge in [0.15, 0.2) is 0 Å². The van der Waals surface area contributed by atoms with E-state index in [9.17, 15) is 4.79 Å². The highest BCUT2D eigenvalue weighted by Crippen LogP contribution is 2.20. The molecule has 1 amide bonds. The van der Waals surface area contributed by atoms with E-state index in [1.165, 1.54) is 0 Å². The lowest BCUT2D eigenvalue weighted by atomic mass is 10.1. The van der Waals surface area contributed by atoms with E-state index in [-0.39, 0.29) is 5.91 Å². The summed E-state index contributed by atoms with van der Waals surface area (Å²) in [6, 6.07) is 15.3. The number of ether oxygens (including phenoxy) is 1. The molecule has 4 heteroatoms. The topological polar surface area (TPSA) is 54.1 Å².